The number of nitrogens with one attached hydrogen (secondary N) is 1. The lowest BCUT2D eigenvalue weighted by atomic mass is 9.87. The molecule has 1 aliphatic heterocycles. The van der Waals surface area contributed by atoms with Gasteiger partial charge in [0.05, 0.1) is 30.3 Å². The van der Waals surface area contributed by atoms with E-state index < -0.39 is 0 Å². The first-order chi connectivity index (χ1) is 16.4. The number of hydrogen-bond donors (Lipinski definition) is 2. The van der Waals surface area contributed by atoms with Crippen LogP contribution in [0, 0.1) is 5.92 Å². The van der Waals surface area contributed by atoms with Crippen LogP contribution in [0.5, 0.6) is 5.75 Å². The molecule has 2 N–H and O–H groups in total. The minimum atomic E-state index is -0.0662. The van der Waals surface area contributed by atoms with Crippen LogP contribution in [-0.2, 0) is 24.2 Å². The zero-order valence-electron chi connectivity index (χ0n) is 19.7. The molecule has 178 valence electrons. The SMILES string of the molecule is CC(C)Oc1cc2c(cc1Nc1ncnc3sc4c(c13)CCC(C(=O)N(C)CCO)C4)C=NC2. The number of carbonyl (C=O) groups excluding carboxylic acids is 1. The highest BCUT2D eigenvalue weighted by atomic mass is 32.1. The molecule has 9 heteroatoms. The summed E-state index contributed by atoms with van der Waals surface area (Å²) in [6, 6.07) is 4.13. The molecule has 0 saturated heterocycles. The van der Waals surface area contributed by atoms with Crippen LogP contribution in [0.25, 0.3) is 10.2 Å². The van der Waals surface area contributed by atoms with Crippen molar-refractivity contribution < 1.29 is 14.6 Å². The first-order valence-corrected chi connectivity index (χ1v) is 12.5. The summed E-state index contributed by atoms with van der Waals surface area (Å²) in [5.74, 6) is 1.57. The van der Waals surface area contributed by atoms with E-state index >= 15 is 0 Å². The highest BCUT2D eigenvalue weighted by Gasteiger charge is 2.30. The van der Waals surface area contributed by atoms with E-state index in [0.717, 1.165) is 51.4 Å². The van der Waals surface area contributed by atoms with Gasteiger partial charge in [-0.3, -0.25) is 9.79 Å². The summed E-state index contributed by atoms with van der Waals surface area (Å²) in [7, 11) is 1.75. The molecular formula is C25H29N5O3S. The number of amides is 1. The topological polar surface area (TPSA) is 99.9 Å². The molecule has 0 saturated carbocycles. The second kappa shape index (κ2) is 9.31. The quantitative estimate of drug-likeness (QED) is 0.536. The van der Waals surface area contributed by atoms with Gasteiger partial charge < -0.3 is 20.1 Å². The molecule has 1 aliphatic carbocycles. The van der Waals surface area contributed by atoms with Crippen molar-refractivity contribution in [2.75, 3.05) is 25.5 Å². The fourth-order valence-electron chi connectivity index (χ4n) is 4.70. The van der Waals surface area contributed by atoms with Crippen molar-refractivity contribution in [1.29, 1.82) is 0 Å². The van der Waals surface area contributed by atoms with Crippen molar-refractivity contribution in [3.8, 4) is 5.75 Å². The van der Waals surface area contributed by atoms with E-state index in [1.807, 2.05) is 20.1 Å². The number of aliphatic hydroxyl groups is 1. The van der Waals surface area contributed by atoms with Gasteiger partial charge in [0.1, 0.15) is 22.7 Å². The summed E-state index contributed by atoms with van der Waals surface area (Å²) in [4.78, 5) is 30.1. The Morgan fingerprint density at radius 3 is 3.00 bits per heavy atom. The van der Waals surface area contributed by atoms with Crippen LogP contribution in [0.1, 0.15) is 41.8 Å². The molecular weight excluding hydrogens is 450 g/mol. The van der Waals surface area contributed by atoms with Crippen molar-refractivity contribution in [3.63, 3.8) is 0 Å². The molecule has 0 fully saturated rings. The molecule has 34 heavy (non-hydrogen) atoms. The molecule has 3 heterocycles. The molecule has 2 aliphatic rings. The number of aryl methyl sites for hydroxylation is 1. The Balaban J connectivity index is 1.48. The second-order valence-corrected chi connectivity index (χ2v) is 10.2. The van der Waals surface area contributed by atoms with E-state index in [1.165, 1.54) is 10.4 Å². The van der Waals surface area contributed by atoms with Crippen LogP contribution in [0.4, 0.5) is 11.5 Å². The molecule has 2 aromatic heterocycles. The van der Waals surface area contributed by atoms with Gasteiger partial charge in [0.25, 0.3) is 0 Å². The summed E-state index contributed by atoms with van der Waals surface area (Å²) in [5.41, 5.74) is 4.33. The maximum atomic E-state index is 12.8. The molecule has 0 spiro atoms. The maximum absolute atomic E-state index is 12.8. The Morgan fingerprint density at radius 1 is 1.35 bits per heavy atom. The monoisotopic (exact) mass is 479 g/mol. The summed E-state index contributed by atoms with van der Waals surface area (Å²) in [6.45, 7) is 5.04. The minimum absolute atomic E-state index is 0.0230. The van der Waals surface area contributed by atoms with Gasteiger partial charge in [-0.25, -0.2) is 9.97 Å². The fraction of sp³-hybridized carbons (Fsp3) is 0.440. The highest BCUT2D eigenvalue weighted by Crippen LogP contribution is 2.42. The number of aliphatic imine (C=N–C) groups is 1. The van der Waals surface area contributed by atoms with Crippen molar-refractivity contribution in [1.82, 2.24) is 14.9 Å². The Morgan fingerprint density at radius 2 is 2.21 bits per heavy atom. The average molecular weight is 480 g/mol. The van der Waals surface area contributed by atoms with Gasteiger partial charge in [0.2, 0.25) is 5.91 Å². The molecule has 3 aromatic rings. The van der Waals surface area contributed by atoms with Gasteiger partial charge in [-0.1, -0.05) is 0 Å². The third-order valence-electron chi connectivity index (χ3n) is 6.36. The third kappa shape index (κ3) is 4.25. The van der Waals surface area contributed by atoms with Crippen LogP contribution in [0.2, 0.25) is 0 Å². The zero-order valence-corrected chi connectivity index (χ0v) is 20.5. The molecule has 1 amide bonds. The normalized spacial score (nSPS) is 16.6. The molecule has 1 atom stereocenters. The van der Waals surface area contributed by atoms with E-state index in [9.17, 15) is 9.90 Å². The number of likely N-dealkylation sites (N-methyl/N-ethyl adjacent to an activating group) is 1. The zero-order chi connectivity index (χ0) is 23.8. The van der Waals surface area contributed by atoms with Gasteiger partial charge in [0, 0.05) is 30.6 Å². The number of ether oxygens (including phenoxy) is 1. The standard InChI is InChI=1S/C25H29N5O3S/c1-14(2)33-20-9-17-12-26-11-16(17)8-19(20)29-23-22-18-5-4-15(25(32)30(3)6-7-31)10-21(18)34-24(22)28-13-27-23/h8-9,11,13-15,31H,4-7,10,12H2,1-3H3,(H,27,28,29). The van der Waals surface area contributed by atoms with E-state index in [1.54, 1.807) is 29.6 Å². The largest absolute Gasteiger partial charge is 0.489 e. The predicted octanol–water partition coefficient (Wildman–Crippen LogP) is 3.71. The maximum Gasteiger partial charge on any atom is 0.225 e. The number of aromatic nitrogens is 2. The number of carbonyl (C=O) groups is 1. The lowest BCUT2D eigenvalue weighted by Gasteiger charge is -2.26. The smallest absolute Gasteiger partial charge is 0.225 e. The summed E-state index contributed by atoms with van der Waals surface area (Å²) < 4.78 is 6.11. The number of fused-ring (bicyclic) bond motifs is 4. The number of hydrogen-bond acceptors (Lipinski definition) is 8. The van der Waals surface area contributed by atoms with Gasteiger partial charge in [-0.2, -0.15) is 0 Å². The Bertz CT molecular complexity index is 1270. The van der Waals surface area contributed by atoms with Crippen LogP contribution in [-0.4, -0.2) is 58.4 Å². The Hall–Kier alpha value is -3.04. The first-order valence-electron chi connectivity index (χ1n) is 11.7. The van der Waals surface area contributed by atoms with Crippen LogP contribution in [0.3, 0.4) is 0 Å². The minimum Gasteiger partial charge on any atom is -0.489 e. The van der Waals surface area contributed by atoms with E-state index in [-0.39, 0.29) is 24.5 Å². The third-order valence-corrected chi connectivity index (χ3v) is 7.52. The average Bonchev–Trinajstić information content (AvgIpc) is 3.42. The van der Waals surface area contributed by atoms with Crippen LogP contribution < -0.4 is 10.1 Å². The summed E-state index contributed by atoms with van der Waals surface area (Å²) >= 11 is 1.64. The van der Waals surface area contributed by atoms with Crippen molar-refractivity contribution in [2.45, 2.75) is 45.8 Å². The van der Waals surface area contributed by atoms with Crippen molar-refractivity contribution in [2.24, 2.45) is 10.9 Å². The predicted molar refractivity (Wildman–Crippen MR) is 134 cm³/mol. The number of anilines is 2. The number of rotatable bonds is 7. The number of nitrogens with zero attached hydrogens (tertiary/aromatic N) is 4. The lowest BCUT2D eigenvalue weighted by molar-refractivity contribution is -0.135. The molecule has 1 aromatic carbocycles. The second-order valence-electron chi connectivity index (χ2n) is 9.14. The summed E-state index contributed by atoms with van der Waals surface area (Å²) in [6.07, 6.45) is 5.79. The molecule has 0 bridgehead atoms. The van der Waals surface area contributed by atoms with Crippen molar-refractivity contribution >= 4 is 45.2 Å². The van der Waals surface area contributed by atoms with E-state index in [2.05, 4.69) is 32.4 Å². The Kier molecular flexibility index (Phi) is 6.22. The molecule has 1 unspecified atom stereocenters. The van der Waals surface area contributed by atoms with Crippen LogP contribution in [0.15, 0.2) is 23.5 Å². The number of aliphatic hydroxyl groups excluding tert-OH is 1. The summed E-state index contributed by atoms with van der Waals surface area (Å²) in [5, 5.41) is 13.7. The molecule has 0 radical (unpaired) electrons. The van der Waals surface area contributed by atoms with Crippen LogP contribution >= 0.6 is 11.3 Å². The Labute approximate surface area is 202 Å². The number of benzene rings is 1. The van der Waals surface area contributed by atoms with E-state index in [4.69, 9.17) is 4.74 Å². The molecule has 5 rings (SSSR count). The van der Waals surface area contributed by atoms with Gasteiger partial charge in [-0.05, 0) is 61.9 Å². The van der Waals surface area contributed by atoms with Gasteiger partial charge >= 0.3 is 0 Å². The highest BCUT2D eigenvalue weighted by molar-refractivity contribution is 7.19. The molecule has 8 nitrogen and oxygen atoms in total. The van der Waals surface area contributed by atoms with Crippen molar-refractivity contribution in [3.05, 3.63) is 40.0 Å². The van der Waals surface area contributed by atoms with Gasteiger partial charge in [0.15, 0.2) is 0 Å². The van der Waals surface area contributed by atoms with E-state index in [0.29, 0.717) is 19.5 Å². The number of thiophene rings is 1. The van der Waals surface area contributed by atoms with Gasteiger partial charge in [-0.15, -0.1) is 11.3 Å². The fourth-order valence-corrected chi connectivity index (χ4v) is 5.97. The lowest BCUT2D eigenvalue weighted by Crippen LogP contribution is -2.37. The first kappa shape index (κ1) is 22.7.